The lowest BCUT2D eigenvalue weighted by Gasteiger charge is -2.18. The van der Waals surface area contributed by atoms with Gasteiger partial charge in [-0.3, -0.25) is 0 Å². The van der Waals surface area contributed by atoms with Crippen molar-refractivity contribution in [3.05, 3.63) is 58.7 Å². The third-order valence-electron chi connectivity index (χ3n) is 4.14. The molecule has 0 saturated heterocycles. The largest absolute Gasteiger partial charge is 0.488 e. The molecule has 0 heterocycles. The number of hydrogen-bond acceptors (Lipinski definition) is 2. The van der Waals surface area contributed by atoms with Gasteiger partial charge in [0.2, 0.25) is 0 Å². The first-order valence-electron chi connectivity index (χ1n) is 8.37. The zero-order valence-corrected chi connectivity index (χ0v) is 15.0. The molecule has 0 spiro atoms. The number of halogens is 3. The highest BCUT2D eigenvalue weighted by atomic mass is 19.4. The molecule has 1 unspecified atom stereocenters. The smallest absolute Gasteiger partial charge is 0.416 e. The molecule has 0 aliphatic carbocycles. The normalized spacial score (nSPS) is 12.8. The van der Waals surface area contributed by atoms with Gasteiger partial charge < -0.3 is 10.1 Å². The maximum Gasteiger partial charge on any atom is 0.416 e. The van der Waals surface area contributed by atoms with Crippen molar-refractivity contribution in [2.75, 3.05) is 5.32 Å². The van der Waals surface area contributed by atoms with Crippen molar-refractivity contribution in [1.82, 2.24) is 0 Å². The van der Waals surface area contributed by atoms with Gasteiger partial charge in [0.05, 0.1) is 5.56 Å². The molecule has 2 aromatic carbocycles. The second-order valence-electron chi connectivity index (χ2n) is 6.38. The first-order chi connectivity index (χ1) is 11.7. The maximum absolute atomic E-state index is 13.2. The summed E-state index contributed by atoms with van der Waals surface area (Å²) in [5.41, 5.74) is 2.21. The van der Waals surface area contributed by atoms with E-state index in [2.05, 4.69) is 5.32 Å². The summed E-state index contributed by atoms with van der Waals surface area (Å²) in [4.78, 5) is 0. The monoisotopic (exact) mass is 351 g/mol. The van der Waals surface area contributed by atoms with Crippen LogP contribution in [0.4, 0.5) is 18.9 Å². The minimum Gasteiger partial charge on any atom is -0.488 e. The van der Waals surface area contributed by atoms with Gasteiger partial charge in [-0.05, 0) is 62.1 Å². The molecule has 0 aromatic heterocycles. The Kier molecular flexibility index (Phi) is 5.98. The molecule has 2 nitrogen and oxygen atoms in total. The molecule has 0 fully saturated rings. The molecular weight excluding hydrogens is 327 g/mol. The maximum atomic E-state index is 13.2. The Labute approximate surface area is 147 Å². The van der Waals surface area contributed by atoms with Gasteiger partial charge in [-0.15, -0.1) is 0 Å². The number of ether oxygens (including phenoxy) is 1. The second kappa shape index (κ2) is 7.81. The molecular formula is C20H24F3NO. The fourth-order valence-corrected chi connectivity index (χ4v) is 2.59. The summed E-state index contributed by atoms with van der Waals surface area (Å²) in [7, 11) is 0. The third kappa shape index (κ3) is 5.15. The van der Waals surface area contributed by atoms with Crippen LogP contribution in [0.15, 0.2) is 36.4 Å². The number of aryl methyl sites for hydroxylation is 2. The van der Waals surface area contributed by atoms with Crippen LogP contribution in [0.2, 0.25) is 0 Å². The topological polar surface area (TPSA) is 21.3 Å². The molecule has 136 valence electrons. The predicted octanol–water partition coefficient (Wildman–Crippen LogP) is 6.11. The van der Waals surface area contributed by atoms with Gasteiger partial charge in [-0.2, -0.15) is 13.2 Å². The van der Waals surface area contributed by atoms with Crippen LogP contribution >= 0.6 is 0 Å². The Bertz CT molecular complexity index is 705. The lowest BCUT2D eigenvalue weighted by atomic mass is 10.1. The van der Waals surface area contributed by atoms with Crippen LogP contribution in [0.1, 0.15) is 42.5 Å². The van der Waals surface area contributed by atoms with E-state index in [0.717, 1.165) is 35.4 Å². The predicted molar refractivity (Wildman–Crippen MR) is 95.1 cm³/mol. The van der Waals surface area contributed by atoms with E-state index in [4.69, 9.17) is 4.74 Å². The summed E-state index contributed by atoms with van der Waals surface area (Å²) < 4.78 is 45.4. The first kappa shape index (κ1) is 19.2. The van der Waals surface area contributed by atoms with E-state index in [0.29, 0.717) is 11.3 Å². The van der Waals surface area contributed by atoms with Crippen molar-refractivity contribution >= 4 is 5.69 Å². The number of benzene rings is 2. The molecule has 1 atom stereocenters. The zero-order chi connectivity index (χ0) is 18.6. The lowest BCUT2D eigenvalue weighted by molar-refractivity contribution is -0.137. The summed E-state index contributed by atoms with van der Waals surface area (Å²) in [6, 6.07) is 9.87. The summed E-state index contributed by atoms with van der Waals surface area (Å²) in [5, 5.41) is 3.11. The van der Waals surface area contributed by atoms with Gasteiger partial charge in [0, 0.05) is 11.7 Å². The van der Waals surface area contributed by atoms with Crippen LogP contribution in [0.25, 0.3) is 0 Å². The second-order valence-corrected chi connectivity index (χ2v) is 6.38. The molecule has 0 aliphatic heterocycles. The van der Waals surface area contributed by atoms with Crippen molar-refractivity contribution < 1.29 is 17.9 Å². The Morgan fingerprint density at radius 3 is 2.28 bits per heavy atom. The van der Waals surface area contributed by atoms with Gasteiger partial charge in [-0.1, -0.05) is 25.1 Å². The first-order valence-corrected chi connectivity index (χ1v) is 8.37. The molecule has 0 saturated carbocycles. The standard InChI is InChI=1S/C20H24F3NO/c1-5-15(4)24-18-10-16(9-17(11-18)20(21,22)23)12-25-19-13(2)7-6-8-14(19)3/h6-11,15,24H,5,12H2,1-4H3. The van der Waals surface area contributed by atoms with Crippen molar-refractivity contribution in [1.29, 1.82) is 0 Å². The van der Waals surface area contributed by atoms with Gasteiger partial charge in [0.25, 0.3) is 0 Å². The Hall–Kier alpha value is -2.17. The van der Waals surface area contributed by atoms with Crippen LogP contribution in [-0.4, -0.2) is 6.04 Å². The summed E-state index contributed by atoms with van der Waals surface area (Å²) >= 11 is 0. The molecule has 0 aliphatic rings. The SMILES string of the molecule is CCC(C)Nc1cc(COc2c(C)cccc2C)cc(C(F)(F)F)c1. The van der Waals surface area contributed by atoms with E-state index in [1.54, 1.807) is 6.07 Å². The summed E-state index contributed by atoms with van der Waals surface area (Å²) in [6.45, 7) is 7.85. The zero-order valence-electron chi connectivity index (χ0n) is 15.0. The third-order valence-corrected chi connectivity index (χ3v) is 4.14. The molecule has 0 radical (unpaired) electrons. The molecule has 2 rings (SSSR count). The Morgan fingerprint density at radius 1 is 1.08 bits per heavy atom. The molecule has 0 amide bonds. The highest BCUT2D eigenvalue weighted by Crippen LogP contribution is 2.33. The molecule has 25 heavy (non-hydrogen) atoms. The van der Waals surface area contributed by atoms with Crippen LogP contribution in [0.5, 0.6) is 5.75 Å². The van der Waals surface area contributed by atoms with E-state index < -0.39 is 11.7 Å². The Morgan fingerprint density at radius 2 is 1.72 bits per heavy atom. The minimum atomic E-state index is -4.39. The molecule has 0 bridgehead atoms. The molecule has 1 N–H and O–H groups in total. The van der Waals surface area contributed by atoms with E-state index in [9.17, 15) is 13.2 Å². The van der Waals surface area contributed by atoms with Gasteiger partial charge in [0.15, 0.2) is 0 Å². The van der Waals surface area contributed by atoms with Crippen molar-refractivity contribution in [3.63, 3.8) is 0 Å². The van der Waals surface area contributed by atoms with E-state index in [-0.39, 0.29) is 12.6 Å². The lowest BCUT2D eigenvalue weighted by Crippen LogP contribution is -2.15. The molecule has 2 aromatic rings. The van der Waals surface area contributed by atoms with E-state index in [1.807, 2.05) is 45.9 Å². The van der Waals surface area contributed by atoms with Crippen LogP contribution < -0.4 is 10.1 Å². The number of nitrogens with one attached hydrogen (secondary N) is 1. The minimum absolute atomic E-state index is 0.0881. The van der Waals surface area contributed by atoms with Crippen LogP contribution in [-0.2, 0) is 12.8 Å². The molecule has 5 heteroatoms. The average Bonchev–Trinajstić information content (AvgIpc) is 2.53. The summed E-state index contributed by atoms with van der Waals surface area (Å²) in [5.74, 6) is 0.719. The van der Waals surface area contributed by atoms with Gasteiger partial charge >= 0.3 is 6.18 Å². The number of alkyl halides is 3. The van der Waals surface area contributed by atoms with E-state index in [1.165, 1.54) is 0 Å². The number of hydrogen-bond donors (Lipinski definition) is 1. The highest BCUT2D eigenvalue weighted by molar-refractivity contribution is 5.50. The Balaban J connectivity index is 2.28. The van der Waals surface area contributed by atoms with Crippen LogP contribution in [0.3, 0.4) is 0 Å². The fraction of sp³-hybridized carbons (Fsp3) is 0.400. The number of para-hydroxylation sites is 1. The highest BCUT2D eigenvalue weighted by Gasteiger charge is 2.31. The average molecular weight is 351 g/mol. The van der Waals surface area contributed by atoms with Crippen molar-refractivity contribution in [3.8, 4) is 5.75 Å². The van der Waals surface area contributed by atoms with Gasteiger partial charge in [0.1, 0.15) is 12.4 Å². The quantitative estimate of drug-likeness (QED) is 0.678. The summed E-state index contributed by atoms with van der Waals surface area (Å²) in [6.07, 6.45) is -3.56. The number of rotatable bonds is 6. The number of anilines is 1. The van der Waals surface area contributed by atoms with Gasteiger partial charge in [-0.25, -0.2) is 0 Å². The van der Waals surface area contributed by atoms with Crippen LogP contribution in [0, 0.1) is 13.8 Å². The van der Waals surface area contributed by atoms with Crippen molar-refractivity contribution in [2.45, 2.75) is 52.9 Å². The fourth-order valence-electron chi connectivity index (χ4n) is 2.59. The van der Waals surface area contributed by atoms with Crippen molar-refractivity contribution in [2.24, 2.45) is 0 Å². The van der Waals surface area contributed by atoms with E-state index >= 15 is 0 Å².